The fourth-order valence-electron chi connectivity index (χ4n) is 2.45. The summed E-state index contributed by atoms with van der Waals surface area (Å²) in [5.74, 6) is -0.303. The van der Waals surface area contributed by atoms with Gasteiger partial charge in [-0.25, -0.2) is 4.39 Å². The van der Waals surface area contributed by atoms with Gasteiger partial charge < -0.3 is 10.2 Å². The van der Waals surface area contributed by atoms with Crippen LogP contribution in [0.25, 0.3) is 0 Å². The first-order valence-electron chi connectivity index (χ1n) is 6.48. The van der Waals surface area contributed by atoms with E-state index >= 15 is 0 Å². The van der Waals surface area contributed by atoms with E-state index in [0.717, 1.165) is 0 Å². The number of benzene rings is 1. The number of nitrogens with zero attached hydrogens (tertiary/aromatic N) is 2. The van der Waals surface area contributed by atoms with E-state index in [0.29, 0.717) is 18.8 Å². The molecule has 0 spiro atoms. The Morgan fingerprint density at radius 3 is 2.84 bits per heavy atom. The molecule has 0 radical (unpaired) electrons. The second-order valence-corrected chi connectivity index (χ2v) is 5.02. The molecule has 2 unspecified atom stereocenters. The van der Waals surface area contributed by atoms with Crippen molar-refractivity contribution < 1.29 is 9.18 Å². The van der Waals surface area contributed by atoms with Crippen LogP contribution in [0.15, 0.2) is 24.3 Å². The second-order valence-electron chi connectivity index (χ2n) is 5.02. The number of hydrogen-bond donors (Lipinski definition) is 1. The molecule has 0 saturated carbocycles. The van der Waals surface area contributed by atoms with Crippen LogP contribution in [0.4, 0.5) is 10.1 Å². The molecule has 1 amide bonds. The molecular formula is C14H20FN3O. The van der Waals surface area contributed by atoms with Crippen molar-refractivity contribution in [2.24, 2.45) is 0 Å². The molecule has 1 aliphatic heterocycles. The minimum absolute atomic E-state index is 0.0144. The molecule has 19 heavy (non-hydrogen) atoms. The van der Waals surface area contributed by atoms with E-state index in [4.69, 9.17) is 0 Å². The number of amides is 1. The van der Waals surface area contributed by atoms with Crippen LogP contribution in [-0.4, -0.2) is 50.1 Å². The van der Waals surface area contributed by atoms with Crippen molar-refractivity contribution in [3.05, 3.63) is 30.1 Å². The van der Waals surface area contributed by atoms with Crippen LogP contribution in [0.3, 0.4) is 0 Å². The van der Waals surface area contributed by atoms with E-state index in [1.54, 1.807) is 17.0 Å². The highest BCUT2D eigenvalue weighted by Crippen LogP contribution is 2.23. The predicted octanol–water partition coefficient (Wildman–Crippen LogP) is 1.08. The lowest BCUT2D eigenvalue weighted by molar-refractivity contribution is -0.126. The van der Waals surface area contributed by atoms with E-state index in [9.17, 15) is 9.18 Å². The zero-order valence-electron chi connectivity index (χ0n) is 11.6. The molecular weight excluding hydrogens is 245 g/mol. The average Bonchev–Trinajstić information content (AvgIpc) is 2.39. The summed E-state index contributed by atoms with van der Waals surface area (Å²) in [6.07, 6.45) is 0. The first-order chi connectivity index (χ1) is 9.04. The maximum absolute atomic E-state index is 13.3. The van der Waals surface area contributed by atoms with Crippen LogP contribution >= 0.6 is 0 Å². The Kier molecular flexibility index (Phi) is 4.17. The van der Waals surface area contributed by atoms with Crippen LogP contribution in [0.5, 0.6) is 0 Å². The molecule has 4 nitrogen and oxygen atoms in total. The van der Waals surface area contributed by atoms with Crippen molar-refractivity contribution in [3.8, 4) is 0 Å². The standard InChI is InChI=1S/C14H20FN3O/c1-10-9-18(12-6-4-5-11(15)7-12)14(19)13(8-16-2)17(10)3/h4-7,10,13,16H,8-9H2,1-3H3. The number of nitrogens with one attached hydrogen (secondary N) is 1. The van der Waals surface area contributed by atoms with Gasteiger partial charge in [0.25, 0.3) is 0 Å². The van der Waals surface area contributed by atoms with E-state index in [-0.39, 0.29) is 23.8 Å². The van der Waals surface area contributed by atoms with Gasteiger partial charge in [-0.1, -0.05) is 6.07 Å². The summed E-state index contributed by atoms with van der Waals surface area (Å²) < 4.78 is 13.3. The number of hydrogen-bond acceptors (Lipinski definition) is 3. The van der Waals surface area contributed by atoms with Crippen molar-refractivity contribution in [2.45, 2.75) is 19.0 Å². The molecule has 104 valence electrons. The maximum Gasteiger partial charge on any atom is 0.245 e. The molecule has 1 aromatic carbocycles. The van der Waals surface area contributed by atoms with Crippen molar-refractivity contribution in [1.29, 1.82) is 0 Å². The van der Waals surface area contributed by atoms with Crippen LogP contribution in [0, 0.1) is 5.82 Å². The van der Waals surface area contributed by atoms with Gasteiger partial charge in [0.05, 0.1) is 0 Å². The van der Waals surface area contributed by atoms with Crippen LogP contribution in [-0.2, 0) is 4.79 Å². The smallest absolute Gasteiger partial charge is 0.245 e. The fourth-order valence-corrected chi connectivity index (χ4v) is 2.45. The van der Waals surface area contributed by atoms with E-state index in [2.05, 4.69) is 17.1 Å². The van der Waals surface area contributed by atoms with Gasteiger partial charge in [-0.2, -0.15) is 0 Å². The number of carbonyl (C=O) groups is 1. The summed E-state index contributed by atoms with van der Waals surface area (Å²) >= 11 is 0. The molecule has 1 aromatic rings. The van der Waals surface area contributed by atoms with Gasteiger partial charge in [0, 0.05) is 24.8 Å². The summed E-state index contributed by atoms with van der Waals surface area (Å²) in [5.41, 5.74) is 0.631. The molecule has 1 aliphatic rings. The van der Waals surface area contributed by atoms with E-state index in [1.165, 1.54) is 12.1 Å². The third kappa shape index (κ3) is 2.77. The normalized spacial score (nSPS) is 24.8. The van der Waals surface area contributed by atoms with Crippen molar-refractivity contribution in [1.82, 2.24) is 10.2 Å². The molecule has 2 rings (SSSR count). The average molecular weight is 265 g/mol. The molecule has 2 atom stereocenters. The van der Waals surface area contributed by atoms with Gasteiger partial charge in [0.2, 0.25) is 5.91 Å². The number of rotatable bonds is 3. The van der Waals surface area contributed by atoms with Gasteiger partial charge in [-0.05, 0) is 39.2 Å². The zero-order chi connectivity index (χ0) is 14.0. The van der Waals surface area contributed by atoms with Gasteiger partial charge in [0.1, 0.15) is 11.9 Å². The minimum atomic E-state index is -0.318. The number of halogens is 1. The van der Waals surface area contributed by atoms with Crippen LogP contribution < -0.4 is 10.2 Å². The predicted molar refractivity (Wildman–Crippen MR) is 73.7 cm³/mol. The summed E-state index contributed by atoms with van der Waals surface area (Å²) in [4.78, 5) is 16.2. The number of piperazine rings is 1. The first kappa shape index (κ1) is 14.0. The van der Waals surface area contributed by atoms with Crippen molar-refractivity contribution in [3.63, 3.8) is 0 Å². The van der Waals surface area contributed by atoms with Crippen molar-refractivity contribution in [2.75, 3.05) is 32.1 Å². The monoisotopic (exact) mass is 265 g/mol. The lowest BCUT2D eigenvalue weighted by Gasteiger charge is -2.43. The molecule has 1 fully saturated rings. The summed E-state index contributed by atoms with van der Waals surface area (Å²) in [5, 5.41) is 3.04. The number of likely N-dealkylation sites (N-methyl/N-ethyl adjacent to an activating group) is 2. The highest BCUT2D eigenvalue weighted by Gasteiger charge is 2.36. The topological polar surface area (TPSA) is 35.6 Å². The molecule has 1 N–H and O–H groups in total. The lowest BCUT2D eigenvalue weighted by atomic mass is 10.1. The van der Waals surface area contributed by atoms with E-state index < -0.39 is 0 Å². The Balaban J connectivity index is 2.28. The van der Waals surface area contributed by atoms with Gasteiger partial charge in [-0.15, -0.1) is 0 Å². The van der Waals surface area contributed by atoms with Crippen molar-refractivity contribution >= 4 is 11.6 Å². The molecule has 0 bridgehead atoms. The van der Waals surface area contributed by atoms with Gasteiger partial charge >= 0.3 is 0 Å². The second kappa shape index (κ2) is 5.67. The number of carbonyl (C=O) groups excluding carboxylic acids is 1. The molecule has 1 saturated heterocycles. The minimum Gasteiger partial charge on any atom is -0.318 e. The highest BCUT2D eigenvalue weighted by molar-refractivity contribution is 5.98. The Labute approximate surface area is 113 Å². The highest BCUT2D eigenvalue weighted by atomic mass is 19.1. The molecule has 5 heteroatoms. The summed E-state index contributed by atoms with van der Waals surface area (Å²) in [7, 11) is 3.78. The third-order valence-corrected chi connectivity index (χ3v) is 3.70. The third-order valence-electron chi connectivity index (χ3n) is 3.70. The SMILES string of the molecule is CNCC1C(=O)N(c2cccc(F)c2)CC(C)N1C. The maximum atomic E-state index is 13.3. The van der Waals surface area contributed by atoms with Crippen LogP contribution in [0.1, 0.15) is 6.92 Å². The fraction of sp³-hybridized carbons (Fsp3) is 0.500. The Morgan fingerprint density at radius 1 is 1.47 bits per heavy atom. The summed E-state index contributed by atoms with van der Waals surface area (Å²) in [6.45, 7) is 3.24. The van der Waals surface area contributed by atoms with Gasteiger partial charge in [0.15, 0.2) is 0 Å². The van der Waals surface area contributed by atoms with E-state index in [1.807, 2.05) is 14.1 Å². The largest absolute Gasteiger partial charge is 0.318 e. The zero-order valence-corrected chi connectivity index (χ0v) is 11.6. The Bertz CT molecular complexity index is 466. The van der Waals surface area contributed by atoms with Gasteiger partial charge in [-0.3, -0.25) is 9.69 Å². The Hall–Kier alpha value is -1.46. The quantitative estimate of drug-likeness (QED) is 0.888. The van der Waals surface area contributed by atoms with Crippen LogP contribution in [0.2, 0.25) is 0 Å². The molecule has 0 aliphatic carbocycles. The first-order valence-corrected chi connectivity index (χ1v) is 6.48. The Morgan fingerprint density at radius 2 is 2.21 bits per heavy atom. The lowest BCUT2D eigenvalue weighted by Crippen LogP contribution is -2.62. The number of anilines is 1. The summed E-state index contributed by atoms with van der Waals surface area (Å²) in [6, 6.07) is 6.23. The molecule has 0 aromatic heterocycles. The molecule has 1 heterocycles.